The molecule has 0 spiro atoms. The molecule has 0 aliphatic carbocycles. The molecular weight excluding hydrogens is 327 g/mol. The molecule has 0 radical (unpaired) electrons. The minimum absolute atomic E-state index is 0.519. The van der Waals surface area contributed by atoms with E-state index in [0.717, 1.165) is 24.3 Å². The van der Waals surface area contributed by atoms with E-state index in [1.165, 1.54) is 0 Å². The van der Waals surface area contributed by atoms with Crippen LogP contribution in [0.4, 0.5) is 22.0 Å². The normalized spacial score (nSPS) is 11.5. The Hall–Kier alpha value is -2.22. The maximum atomic E-state index is 13.9. The Bertz CT molecular complexity index is 829. The lowest BCUT2D eigenvalue weighted by molar-refractivity contribution is 0.417. The maximum Gasteiger partial charge on any atom is 0.212 e. The van der Waals surface area contributed by atoms with Crippen LogP contribution < -0.4 is 0 Å². The molecule has 22 heavy (non-hydrogen) atoms. The molecule has 8 heteroatoms. The molecule has 0 bridgehead atoms. The van der Waals surface area contributed by atoms with Gasteiger partial charge in [0.1, 0.15) is 10.7 Å². The Labute approximate surface area is 122 Å². The minimum atomic E-state index is -4.92. The van der Waals surface area contributed by atoms with Gasteiger partial charge in [0.25, 0.3) is 0 Å². The molecule has 0 heterocycles. The highest BCUT2D eigenvalue weighted by Gasteiger charge is 2.33. The first kappa shape index (κ1) is 16.2. The Morgan fingerprint density at radius 3 is 1.68 bits per heavy atom. The van der Waals surface area contributed by atoms with Crippen molar-refractivity contribution in [3.63, 3.8) is 0 Å². The standard InChI is InChI=1S/C14H7F5O2S/c1-2-9-10(16)12(18)14(13(19)11(9)17)22(20,21)8-5-3-7(15)4-6-8/h2-6H,1H2. The first-order valence-electron chi connectivity index (χ1n) is 5.70. The highest BCUT2D eigenvalue weighted by atomic mass is 32.2. The first-order valence-corrected chi connectivity index (χ1v) is 7.19. The second kappa shape index (κ2) is 5.53. The number of hydrogen-bond acceptors (Lipinski definition) is 2. The number of benzene rings is 2. The van der Waals surface area contributed by atoms with Crippen molar-refractivity contribution in [2.75, 3.05) is 0 Å². The quantitative estimate of drug-likeness (QED) is 0.485. The van der Waals surface area contributed by atoms with Crippen molar-refractivity contribution in [3.05, 3.63) is 65.5 Å². The van der Waals surface area contributed by atoms with Gasteiger partial charge in [0.05, 0.1) is 10.5 Å². The zero-order chi connectivity index (χ0) is 16.7. The highest BCUT2D eigenvalue weighted by Crippen LogP contribution is 2.32. The van der Waals surface area contributed by atoms with Crippen LogP contribution in [0.15, 0.2) is 40.6 Å². The third-order valence-electron chi connectivity index (χ3n) is 2.85. The minimum Gasteiger partial charge on any atom is -0.218 e. The number of sulfone groups is 1. The van der Waals surface area contributed by atoms with E-state index in [9.17, 15) is 30.4 Å². The lowest BCUT2D eigenvalue weighted by Gasteiger charge is -2.10. The Kier molecular flexibility index (Phi) is 4.06. The summed E-state index contributed by atoms with van der Waals surface area (Å²) in [4.78, 5) is -2.49. The molecule has 2 aromatic rings. The summed E-state index contributed by atoms with van der Waals surface area (Å²) < 4.78 is 92.1. The van der Waals surface area contributed by atoms with Gasteiger partial charge in [-0.1, -0.05) is 12.7 Å². The Morgan fingerprint density at radius 1 is 0.818 bits per heavy atom. The van der Waals surface area contributed by atoms with Gasteiger partial charge in [-0.25, -0.2) is 30.4 Å². The van der Waals surface area contributed by atoms with Gasteiger partial charge in [-0.05, 0) is 24.3 Å². The lowest BCUT2D eigenvalue weighted by Crippen LogP contribution is -2.13. The van der Waals surface area contributed by atoms with Crippen molar-refractivity contribution in [2.24, 2.45) is 0 Å². The molecule has 0 amide bonds. The number of rotatable bonds is 3. The van der Waals surface area contributed by atoms with E-state index in [2.05, 4.69) is 6.58 Å². The molecule has 116 valence electrons. The van der Waals surface area contributed by atoms with Crippen LogP contribution in [-0.4, -0.2) is 8.42 Å². The van der Waals surface area contributed by atoms with Crippen LogP contribution in [0, 0.1) is 29.1 Å². The molecule has 0 N–H and O–H groups in total. The number of halogens is 5. The van der Waals surface area contributed by atoms with E-state index in [1.807, 2.05) is 0 Å². The molecule has 0 atom stereocenters. The summed E-state index contributed by atoms with van der Waals surface area (Å²) in [6.45, 7) is 2.99. The van der Waals surface area contributed by atoms with Gasteiger partial charge < -0.3 is 0 Å². The van der Waals surface area contributed by atoms with Gasteiger partial charge in [0.2, 0.25) is 9.84 Å². The average molecular weight is 334 g/mol. The fraction of sp³-hybridized carbons (Fsp3) is 0. The summed E-state index contributed by atoms with van der Waals surface area (Å²) in [5, 5.41) is 0. The van der Waals surface area contributed by atoms with Crippen LogP contribution in [0.25, 0.3) is 6.08 Å². The monoisotopic (exact) mass is 334 g/mol. The van der Waals surface area contributed by atoms with E-state index in [1.54, 1.807) is 0 Å². The molecule has 2 nitrogen and oxygen atoms in total. The molecular formula is C14H7F5O2S. The molecule has 0 aromatic heterocycles. The SMILES string of the molecule is C=Cc1c(F)c(F)c(S(=O)(=O)c2ccc(F)cc2)c(F)c1F. The van der Waals surface area contributed by atoms with Gasteiger partial charge in [-0.3, -0.25) is 0 Å². The summed E-state index contributed by atoms with van der Waals surface area (Å²) in [5.41, 5.74) is -1.12. The first-order chi connectivity index (χ1) is 10.2. The van der Waals surface area contributed by atoms with E-state index in [-0.39, 0.29) is 0 Å². The third-order valence-corrected chi connectivity index (χ3v) is 4.64. The van der Waals surface area contributed by atoms with E-state index in [4.69, 9.17) is 0 Å². The summed E-state index contributed by atoms with van der Waals surface area (Å²) in [6.07, 6.45) is 0.519. The van der Waals surface area contributed by atoms with Crippen LogP contribution in [0.2, 0.25) is 0 Å². The summed E-state index contributed by atoms with van der Waals surface area (Å²) in [5.74, 6) is -8.69. The van der Waals surface area contributed by atoms with Crippen molar-refractivity contribution in [3.8, 4) is 0 Å². The van der Waals surface area contributed by atoms with Crippen molar-refractivity contribution in [1.29, 1.82) is 0 Å². The van der Waals surface area contributed by atoms with Crippen molar-refractivity contribution < 1.29 is 30.4 Å². The maximum absolute atomic E-state index is 13.9. The van der Waals surface area contributed by atoms with E-state index >= 15 is 0 Å². The molecule has 0 saturated heterocycles. The van der Waals surface area contributed by atoms with Crippen LogP contribution in [0.3, 0.4) is 0 Å². The second-order valence-electron chi connectivity index (χ2n) is 4.16. The third kappa shape index (κ3) is 2.39. The summed E-state index contributed by atoms with van der Waals surface area (Å²) in [6, 6.07) is 2.91. The fourth-order valence-corrected chi connectivity index (χ4v) is 3.16. The molecule has 2 aromatic carbocycles. The Balaban J connectivity index is 2.82. The molecule has 0 aliphatic rings. The topological polar surface area (TPSA) is 34.1 Å². The summed E-state index contributed by atoms with van der Waals surface area (Å²) in [7, 11) is -4.92. The smallest absolute Gasteiger partial charge is 0.212 e. The van der Waals surface area contributed by atoms with Gasteiger partial charge in [-0.2, -0.15) is 0 Å². The second-order valence-corrected chi connectivity index (χ2v) is 6.05. The van der Waals surface area contributed by atoms with E-state index < -0.39 is 54.3 Å². The fourth-order valence-electron chi connectivity index (χ4n) is 1.78. The van der Waals surface area contributed by atoms with Gasteiger partial charge in [0.15, 0.2) is 23.3 Å². The van der Waals surface area contributed by atoms with Gasteiger partial charge in [-0.15, -0.1) is 0 Å². The molecule has 0 fully saturated rings. The van der Waals surface area contributed by atoms with Gasteiger partial charge in [0, 0.05) is 0 Å². The zero-order valence-electron chi connectivity index (χ0n) is 10.7. The summed E-state index contributed by atoms with van der Waals surface area (Å²) >= 11 is 0. The van der Waals surface area contributed by atoms with Crippen molar-refractivity contribution in [1.82, 2.24) is 0 Å². The van der Waals surface area contributed by atoms with Crippen LogP contribution in [0.1, 0.15) is 5.56 Å². The van der Waals surface area contributed by atoms with Crippen LogP contribution in [0.5, 0.6) is 0 Å². The molecule has 0 saturated carbocycles. The number of hydrogen-bond donors (Lipinski definition) is 0. The zero-order valence-corrected chi connectivity index (χ0v) is 11.5. The van der Waals surface area contributed by atoms with E-state index in [0.29, 0.717) is 6.08 Å². The molecule has 2 rings (SSSR count). The van der Waals surface area contributed by atoms with Crippen molar-refractivity contribution >= 4 is 15.9 Å². The largest absolute Gasteiger partial charge is 0.218 e. The average Bonchev–Trinajstić information content (AvgIpc) is 2.46. The van der Waals surface area contributed by atoms with Crippen LogP contribution in [-0.2, 0) is 9.84 Å². The molecule has 0 aliphatic heterocycles. The van der Waals surface area contributed by atoms with Gasteiger partial charge >= 0.3 is 0 Å². The molecule has 0 unspecified atom stereocenters. The Morgan fingerprint density at radius 2 is 1.27 bits per heavy atom. The highest BCUT2D eigenvalue weighted by molar-refractivity contribution is 7.91. The predicted molar refractivity (Wildman–Crippen MR) is 68.2 cm³/mol. The lowest BCUT2D eigenvalue weighted by atomic mass is 10.2. The van der Waals surface area contributed by atoms with Crippen molar-refractivity contribution in [2.45, 2.75) is 9.79 Å². The van der Waals surface area contributed by atoms with Crippen LogP contribution >= 0.6 is 0 Å². The predicted octanol–water partition coefficient (Wildman–Crippen LogP) is 3.86.